The van der Waals surface area contributed by atoms with Gasteiger partial charge in [-0.15, -0.1) is 0 Å². The van der Waals surface area contributed by atoms with Gasteiger partial charge in [0.05, 0.1) is 11.9 Å². The lowest BCUT2D eigenvalue weighted by atomic mass is 10.2. The second-order valence-corrected chi connectivity index (χ2v) is 6.07. The van der Waals surface area contributed by atoms with Crippen LogP contribution >= 0.6 is 11.8 Å². The van der Waals surface area contributed by atoms with Crippen molar-refractivity contribution >= 4 is 11.8 Å². The number of benzene rings is 1. The van der Waals surface area contributed by atoms with E-state index in [0.717, 1.165) is 18.9 Å². The predicted octanol–water partition coefficient (Wildman–Crippen LogP) is 3.27. The third-order valence-electron chi connectivity index (χ3n) is 3.28. The van der Waals surface area contributed by atoms with E-state index in [1.54, 1.807) is 0 Å². The lowest BCUT2D eigenvalue weighted by molar-refractivity contribution is 0.551. The second kappa shape index (κ2) is 7.50. The molecular weight excluding hydrogens is 266 g/mol. The topological polar surface area (TPSA) is 29.9 Å². The highest BCUT2D eigenvalue weighted by molar-refractivity contribution is 7.98. The molecule has 3 nitrogen and oxygen atoms in total. The minimum absolute atomic E-state index is 0.694. The lowest BCUT2D eigenvalue weighted by Gasteiger charge is -2.13. The molecule has 0 fully saturated rings. The maximum absolute atomic E-state index is 4.45. The molecule has 0 spiro atoms. The average molecular weight is 289 g/mol. The summed E-state index contributed by atoms with van der Waals surface area (Å²) < 4.78 is 2.21. The van der Waals surface area contributed by atoms with E-state index in [1.165, 1.54) is 17.1 Å². The van der Waals surface area contributed by atoms with E-state index in [4.69, 9.17) is 0 Å². The Balaban J connectivity index is 2.03. The number of aryl methyl sites for hydroxylation is 1. The van der Waals surface area contributed by atoms with Crippen LogP contribution in [0.4, 0.5) is 0 Å². The van der Waals surface area contributed by atoms with Crippen molar-refractivity contribution in [2.45, 2.75) is 20.4 Å². The maximum Gasteiger partial charge on any atom is 0.110 e. The van der Waals surface area contributed by atoms with Gasteiger partial charge in [0.1, 0.15) is 5.82 Å². The van der Waals surface area contributed by atoms with Gasteiger partial charge >= 0.3 is 0 Å². The zero-order chi connectivity index (χ0) is 14.4. The van der Waals surface area contributed by atoms with E-state index in [-0.39, 0.29) is 0 Å². The first-order valence-electron chi connectivity index (χ1n) is 7.00. The molecule has 2 rings (SSSR count). The van der Waals surface area contributed by atoms with Crippen LogP contribution in [0.5, 0.6) is 0 Å². The average Bonchev–Trinajstić information content (AvgIpc) is 2.81. The largest absolute Gasteiger partial charge is 0.311 e. The Morgan fingerprint density at radius 2 is 2.05 bits per heavy atom. The highest BCUT2D eigenvalue weighted by atomic mass is 32.2. The van der Waals surface area contributed by atoms with Crippen molar-refractivity contribution in [2.75, 3.05) is 18.6 Å². The number of nitrogens with one attached hydrogen (secondary N) is 1. The smallest absolute Gasteiger partial charge is 0.110 e. The Hall–Kier alpha value is -1.26. The number of aromatic nitrogens is 2. The summed E-state index contributed by atoms with van der Waals surface area (Å²) in [6.45, 7) is 6.23. The van der Waals surface area contributed by atoms with E-state index in [9.17, 15) is 0 Å². The molecule has 1 aromatic carbocycles. The highest BCUT2D eigenvalue weighted by Crippen LogP contribution is 2.14. The van der Waals surface area contributed by atoms with Gasteiger partial charge in [-0.1, -0.05) is 25.1 Å². The van der Waals surface area contributed by atoms with Crippen LogP contribution in [0.25, 0.3) is 5.69 Å². The zero-order valence-electron chi connectivity index (χ0n) is 12.5. The fourth-order valence-corrected chi connectivity index (χ4v) is 3.02. The molecule has 2 aromatic rings. The summed E-state index contributed by atoms with van der Waals surface area (Å²) in [7, 11) is 0. The Bertz CT molecular complexity index is 522. The van der Waals surface area contributed by atoms with E-state index in [0.29, 0.717) is 5.92 Å². The number of hydrogen-bond donors (Lipinski definition) is 1. The standard InChI is InChI=1S/C16H23N3S/c1-13(12-20-3)9-17-10-16-11-18-14(2)19(16)15-7-5-4-6-8-15/h4-8,11,13,17H,9-10,12H2,1-3H3. The van der Waals surface area contributed by atoms with Gasteiger partial charge in [0, 0.05) is 12.2 Å². The molecule has 0 aliphatic heterocycles. The molecule has 108 valence electrons. The van der Waals surface area contributed by atoms with E-state index < -0.39 is 0 Å². The lowest BCUT2D eigenvalue weighted by Crippen LogP contribution is -2.23. The molecule has 0 bridgehead atoms. The van der Waals surface area contributed by atoms with Gasteiger partial charge in [-0.2, -0.15) is 11.8 Å². The number of thioether (sulfide) groups is 1. The maximum atomic E-state index is 4.45. The highest BCUT2D eigenvalue weighted by Gasteiger charge is 2.08. The van der Waals surface area contributed by atoms with Crippen LogP contribution in [0.3, 0.4) is 0 Å². The van der Waals surface area contributed by atoms with Gasteiger partial charge in [0.25, 0.3) is 0 Å². The summed E-state index contributed by atoms with van der Waals surface area (Å²) in [6.07, 6.45) is 4.12. The summed E-state index contributed by atoms with van der Waals surface area (Å²) in [4.78, 5) is 4.45. The summed E-state index contributed by atoms with van der Waals surface area (Å²) in [5.41, 5.74) is 2.39. The summed E-state index contributed by atoms with van der Waals surface area (Å²) in [5.74, 6) is 2.92. The zero-order valence-corrected chi connectivity index (χ0v) is 13.3. The van der Waals surface area contributed by atoms with Crippen molar-refractivity contribution in [1.82, 2.24) is 14.9 Å². The summed E-state index contributed by atoms with van der Waals surface area (Å²) in [6, 6.07) is 10.4. The molecule has 1 unspecified atom stereocenters. The third-order valence-corrected chi connectivity index (χ3v) is 4.18. The van der Waals surface area contributed by atoms with Gasteiger partial charge in [0.2, 0.25) is 0 Å². The number of para-hydroxylation sites is 1. The van der Waals surface area contributed by atoms with Gasteiger partial charge < -0.3 is 5.32 Å². The monoisotopic (exact) mass is 289 g/mol. The number of nitrogens with zero attached hydrogens (tertiary/aromatic N) is 2. The van der Waals surface area contributed by atoms with Crippen LogP contribution in [0.15, 0.2) is 36.5 Å². The van der Waals surface area contributed by atoms with Crippen LogP contribution in [0, 0.1) is 12.8 Å². The summed E-state index contributed by atoms with van der Waals surface area (Å²) in [5, 5.41) is 3.54. The van der Waals surface area contributed by atoms with Gasteiger partial charge in [-0.25, -0.2) is 4.98 Å². The Morgan fingerprint density at radius 1 is 1.30 bits per heavy atom. The Kier molecular flexibility index (Phi) is 5.68. The number of rotatable bonds is 7. The molecule has 1 N–H and O–H groups in total. The minimum atomic E-state index is 0.694. The second-order valence-electron chi connectivity index (χ2n) is 5.16. The molecule has 0 saturated heterocycles. The number of hydrogen-bond acceptors (Lipinski definition) is 3. The first-order chi connectivity index (χ1) is 9.72. The molecule has 0 aliphatic carbocycles. The molecule has 0 aliphatic rings. The normalized spacial score (nSPS) is 12.6. The van der Waals surface area contributed by atoms with Crippen molar-refractivity contribution in [3.63, 3.8) is 0 Å². The minimum Gasteiger partial charge on any atom is -0.311 e. The molecule has 20 heavy (non-hydrogen) atoms. The Labute approximate surface area is 125 Å². The Morgan fingerprint density at radius 3 is 2.75 bits per heavy atom. The van der Waals surface area contributed by atoms with Crippen molar-refractivity contribution in [3.8, 4) is 5.69 Å². The van der Waals surface area contributed by atoms with Crippen LogP contribution in [-0.2, 0) is 6.54 Å². The molecule has 1 atom stereocenters. The van der Waals surface area contributed by atoms with Crippen LogP contribution in [0.1, 0.15) is 18.4 Å². The fraction of sp³-hybridized carbons (Fsp3) is 0.438. The predicted molar refractivity (Wildman–Crippen MR) is 87.6 cm³/mol. The van der Waals surface area contributed by atoms with Crippen LogP contribution < -0.4 is 5.32 Å². The van der Waals surface area contributed by atoms with E-state index in [1.807, 2.05) is 30.9 Å². The third kappa shape index (κ3) is 3.87. The van der Waals surface area contributed by atoms with Crippen LogP contribution in [-0.4, -0.2) is 28.1 Å². The molecule has 0 saturated carbocycles. The van der Waals surface area contributed by atoms with Crippen molar-refractivity contribution < 1.29 is 0 Å². The van der Waals surface area contributed by atoms with Gasteiger partial charge in [0.15, 0.2) is 0 Å². The van der Waals surface area contributed by atoms with Crippen molar-refractivity contribution in [1.29, 1.82) is 0 Å². The quantitative estimate of drug-likeness (QED) is 0.848. The van der Waals surface area contributed by atoms with Gasteiger partial charge in [-0.05, 0) is 43.5 Å². The molecule has 4 heteroatoms. The number of imidazole rings is 1. The first kappa shape index (κ1) is 15.1. The van der Waals surface area contributed by atoms with E-state index >= 15 is 0 Å². The first-order valence-corrected chi connectivity index (χ1v) is 8.40. The molecule has 0 amide bonds. The fourth-order valence-electron chi connectivity index (χ4n) is 2.34. The van der Waals surface area contributed by atoms with Crippen molar-refractivity contribution in [3.05, 3.63) is 48.0 Å². The molecule has 0 radical (unpaired) electrons. The van der Waals surface area contributed by atoms with Gasteiger partial charge in [-0.3, -0.25) is 4.57 Å². The van der Waals surface area contributed by atoms with E-state index in [2.05, 4.69) is 52.3 Å². The van der Waals surface area contributed by atoms with Crippen molar-refractivity contribution in [2.24, 2.45) is 5.92 Å². The molecule has 1 aromatic heterocycles. The molecular formula is C16H23N3S. The SMILES string of the molecule is CSCC(C)CNCc1cnc(C)n1-c1ccccc1. The van der Waals surface area contributed by atoms with Crippen LogP contribution in [0.2, 0.25) is 0 Å². The summed E-state index contributed by atoms with van der Waals surface area (Å²) >= 11 is 1.90. The molecule has 1 heterocycles.